The molecule has 0 heterocycles. The van der Waals surface area contributed by atoms with Gasteiger partial charge in [-0.1, -0.05) is 6.07 Å². The van der Waals surface area contributed by atoms with Crippen molar-refractivity contribution >= 4 is 17.6 Å². The summed E-state index contributed by atoms with van der Waals surface area (Å²) in [5.74, 6) is -0.466. The maximum atomic E-state index is 12.3. The Morgan fingerprint density at radius 3 is 2.14 bits per heavy atom. The highest BCUT2D eigenvalue weighted by Crippen LogP contribution is 2.23. The Morgan fingerprint density at radius 2 is 1.59 bits per heavy atom. The van der Waals surface area contributed by atoms with Crippen LogP contribution in [0.2, 0.25) is 0 Å². The number of ether oxygens (including phenoxy) is 2. The van der Waals surface area contributed by atoms with Gasteiger partial charge >= 0.3 is 5.97 Å². The Balaban J connectivity index is 2.25. The second-order valence-electron chi connectivity index (χ2n) is 4.44. The summed E-state index contributed by atoms with van der Waals surface area (Å²) in [5, 5.41) is 11.6. The van der Waals surface area contributed by atoms with Gasteiger partial charge in [-0.3, -0.25) is 4.79 Å². The van der Waals surface area contributed by atoms with Crippen LogP contribution in [0.3, 0.4) is 0 Å². The SMILES string of the molecule is COc1cc(OC)cc(C(=O)Nc2cccc(C(=O)O)c2)c1. The van der Waals surface area contributed by atoms with Crippen molar-refractivity contribution in [3.05, 3.63) is 53.6 Å². The molecule has 0 fully saturated rings. The lowest BCUT2D eigenvalue weighted by molar-refractivity contribution is 0.0696. The van der Waals surface area contributed by atoms with E-state index in [1.807, 2.05) is 0 Å². The summed E-state index contributed by atoms with van der Waals surface area (Å²) in [6.07, 6.45) is 0. The molecule has 0 saturated carbocycles. The number of benzene rings is 2. The second-order valence-corrected chi connectivity index (χ2v) is 4.44. The molecule has 2 aromatic carbocycles. The lowest BCUT2D eigenvalue weighted by atomic mass is 10.1. The lowest BCUT2D eigenvalue weighted by Gasteiger charge is -2.09. The molecule has 0 bridgehead atoms. The van der Waals surface area contributed by atoms with Crippen LogP contribution in [-0.4, -0.2) is 31.2 Å². The maximum absolute atomic E-state index is 12.3. The number of hydrogen-bond acceptors (Lipinski definition) is 4. The molecule has 0 aromatic heterocycles. The Kier molecular flexibility index (Phi) is 4.63. The predicted molar refractivity (Wildman–Crippen MR) is 80.9 cm³/mol. The molecule has 0 saturated heterocycles. The molecule has 2 N–H and O–H groups in total. The van der Waals surface area contributed by atoms with Crippen LogP contribution in [0.4, 0.5) is 5.69 Å². The highest BCUT2D eigenvalue weighted by atomic mass is 16.5. The molecule has 6 nitrogen and oxygen atoms in total. The molecule has 22 heavy (non-hydrogen) atoms. The number of carboxylic acid groups (broad SMARTS) is 1. The van der Waals surface area contributed by atoms with E-state index in [-0.39, 0.29) is 11.5 Å². The number of anilines is 1. The topological polar surface area (TPSA) is 84.9 Å². The number of carbonyl (C=O) groups excluding carboxylic acids is 1. The van der Waals surface area contributed by atoms with Crippen LogP contribution in [0.1, 0.15) is 20.7 Å². The van der Waals surface area contributed by atoms with Gasteiger partial charge in [-0.25, -0.2) is 4.79 Å². The summed E-state index contributed by atoms with van der Waals surface area (Å²) in [7, 11) is 2.99. The average molecular weight is 301 g/mol. The molecular formula is C16H15NO5. The van der Waals surface area contributed by atoms with E-state index in [1.54, 1.807) is 30.3 Å². The van der Waals surface area contributed by atoms with Gasteiger partial charge in [-0.2, -0.15) is 0 Å². The number of carboxylic acids is 1. The van der Waals surface area contributed by atoms with Crippen LogP contribution in [0, 0.1) is 0 Å². The molecule has 6 heteroatoms. The van der Waals surface area contributed by atoms with Crippen molar-refractivity contribution in [1.82, 2.24) is 0 Å². The third-order valence-electron chi connectivity index (χ3n) is 2.98. The van der Waals surface area contributed by atoms with Gasteiger partial charge in [0.2, 0.25) is 0 Å². The summed E-state index contributed by atoms with van der Waals surface area (Å²) >= 11 is 0. The molecule has 0 spiro atoms. The van der Waals surface area contributed by atoms with Gasteiger partial charge < -0.3 is 19.9 Å². The minimum absolute atomic E-state index is 0.0982. The zero-order chi connectivity index (χ0) is 16.1. The first kappa shape index (κ1) is 15.4. The van der Waals surface area contributed by atoms with Gasteiger partial charge in [0.05, 0.1) is 19.8 Å². The number of methoxy groups -OCH3 is 2. The Morgan fingerprint density at radius 1 is 0.955 bits per heavy atom. The molecule has 1 amide bonds. The molecule has 0 aliphatic carbocycles. The van der Waals surface area contributed by atoms with Gasteiger partial charge in [-0.05, 0) is 30.3 Å². The van der Waals surface area contributed by atoms with E-state index >= 15 is 0 Å². The van der Waals surface area contributed by atoms with E-state index in [0.717, 1.165) is 0 Å². The fraction of sp³-hybridized carbons (Fsp3) is 0.125. The smallest absolute Gasteiger partial charge is 0.335 e. The van der Waals surface area contributed by atoms with Crippen LogP contribution in [-0.2, 0) is 0 Å². The van der Waals surface area contributed by atoms with Gasteiger partial charge in [0, 0.05) is 17.3 Å². The maximum Gasteiger partial charge on any atom is 0.335 e. The first-order valence-corrected chi connectivity index (χ1v) is 6.41. The third-order valence-corrected chi connectivity index (χ3v) is 2.98. The van der Waals surface area contributed by atoms with Gasteiger partial charge in [-0.15, -0.1) is 0 Å². The molecule has 0 aliphatic heterocycles. The first-order chi connectivity index (χ1) is 10.5. The molecule has 2 rings (SSSR count). The molecule has 0 atom stereocenters. The third kappa shape index (κ3) is 3.54. The number of nitrogens with one attached hydrogen (secondary N) is 1. The first-order valence-electron chi connectivity index (χ1n) is 6.41. The van der Waals surface area contributed by atoms with Crippen molar-refractivity contribution in [3.63, 3.8) is 0 Å². The Labute approximate surface area is 127 Å². The summed E-state index contributed by atoms with van der Waals surface area (Å²) in [6, 6.07) is 10.8. The number of amides is 1. The van der Waals surface area contributed by atoms with Gasteiger partial charge in [0.25, 0.3) is 5.91 Å². The largest absolute Gasteiger partial charge is 0.497 e. The zero-order valence-corrected chi connectivity index (χ0v) is 12.1. The fourth-order valence-corrected chi connectivity index (χ4v) is 1.87. The number of aromatic carboxylic acids is 1. The van der Waals surface area contributed by atoms with Crippen molar-refractivity contribution in [2.45, 2.75) is 0 Å². The van der Waals surface area contributed by atoms with E-state index in [9.17, 15) is 9.59 Å². The van der Waals surface area contributed by atoms with Gasteiger partial charge in [0.1, 0.15) is 11.5 Å². The van der Waals surface area contributed by atoms with Crippen LogP contribution >= 0.6 is 0 Å². The highest BCUT2D eigenvalue weighted by Gasteiger charge is 2.11. The second kappa shape index (κ2) is 6.62. The molecule has 2 aromatic rings. The van der Waals surface area contributed by atoms with E-state index in [0.29, 0.717) is 22.7 Å². The quantitative estimate of drug-likeness (QED) is 0.887. The summed E-state index contributed by atoms with van der Waals surface area (Å²) in [5.41, 5.74) is 0.838. The van der Waals surface area contributed by atoms with Crippen LogP contribution < -0.4 is 14.8 Å². The van der Waals surface area contributed by atoms with Crippen molar-refractivity contribution in [2.24, 2.45) is 0 Å². The summed E-state index contributed by atoms with van der Waals surface area (Å²) in [6.45, 7) is 0. The summed E-state index contributed by atoms with van der Waals surface area (Å²) in [4.78, 5) is 23.2. The van der Waals surface area contributed by atoms with Crippen LogP contribution in [0.5, 0.6) is 11.5 Å². The van der Waals surface area contributed by atoms with Gasteiger partial charge in [0.15, 0.2) is 0 Å². The van der Waals surface area contributed by atoms with E-state index in [2.05, 4.69) is 5.32 Å². The molecule has 0 aliphatic rings. The Bertz CT molecular complexity index is 689. The Hall–Kier alpha value is -3.02. The van der Waals surface area contributed by atoms with Crippen molar-refractivity contribution < 1.29 is 24.2 Å². The van der Waals surface area contributed by atoms with E-state index < -0.39 is 5.97 Å². The van der Waals surface area contributed by atoms with E-state index in [1.165, 1.54) is 26.4 Å². The van der Waals surface area contributed by atoms with Crippen LogP contribution in [0.25, 0.3) is 0 Å². The fourth-order valence-electron chi connectivity index (χ4n) is 1.87. The van der Waals surface area contributed by atoms with Crippen molar-refractivity contribution in [3.8, 4) is 11.5 Å². The van der Waals surface area contributed by atoms with Crippen molar-refractivity contribution in [2.75, 3.05) is 19.5 Å². The minimum atomic E-state index is -1.06. The number of rotatable bonds is 5. The molecule has 114 valence electrons. The summed E-state index contributed by atoms with van der Waals surface area (Å²) < 4.78 is 10.2. The number of carbonyl (C=O) groups is 2. The molecule has 0 radical (unpaired) electrons. The normalized spacial score (nSPS) is 9.91. The predicted octanol–water partition coefficient (Wildman–Crippen LogP) is 2.65. The zero-order valence-electron chi connectivity index (χ0n) is 12.1. The van der Waals surface area contributed by atoms with Crippen LogP contribution in [0.15, 0.2) is 42.5 Å². The lowest BCUT2D eigenvalue weighted by Crippen LogP contribution is -2.12. The van der Waals surface area contributed by atoms with Crippen molar-refractivity contribution in [1.29, 1.82) is 0 Å². The minimum Gasteiger partial charge on any atom is -0.497 e. The monoisotopic (exact) mass is 301 g/mol. The molecule has 0 unspecified atom stereocenters. The highest BCUT2D eigenvalue weighted by molar-refractivity contribution is 6.05. The standard InChI is InChI=1S/C16H15NO5/c1-21-13-7-11(8-14(9-13)22-2)15(18)17-12-5-3-4-10(6-12)16(19)20/h3-9H,1-2H3,(H,17,18)(H,19,20). The molecular weight excluding hydrogens is 286 g/mol. The number of hydrogen-bond donors (Lipinski definition) is 2. The van der Waals surface area contributed by atoms with E-state index in [4.69, 9.17) is 14.6 Å². The average Bonchev–Trinajstić information content (AvgIpc) is 2.54.